The summed E-state index contributed by atoms with van der Waals surface area (Å²) in [4.78, 5) is 26.5. The number of H-pyrrole nitrogens is 1. The second-order valence-electron chi connectivity index (χ2n) is 5.51. The van der Waals surface area contributed by atoms with E-state index in [0.717, 1.165) is 12.1 Å². The van der Waals surface area contributed by atoms with Crippen molar-refractivity contribution in [1.82, 2.24) is 19.9 Å². The molecule has 0 unspecified atom stereocenters. The predicted octanol–water partition coefficient (Wildman–Crippen LogP) is 2.28. The highest BCUT2D eigenvalue weighted by molar-refractivity contribution is 5.93. The van der Waals surface area contributed by atoms with E-state index in [1.807, 2.05) is 0 Å². The van der Waals surface area contributed by atoms with Gasteiger partial charge in [-0.2, -0.15) is 18.3 Å². The third-order valence-electron chi connectivity index (χ3n) is 3.54. The third kappa shape index (κ3) is 3.54. The van der Waals surface area contributed by atoms with Crippen LogP contribution in [-0.2, 0) is 12.7 Å². The third-order valence-corrected chi connectivity index (χ3v) is 3.54. The molecule has 0 aliphatic rings. The number of halogens is 3. The first-order valence-corrected chi connectivity index (χ1v) is 7.28. The molecule has 1 aromatic carbocycles. The highest BCUT2D eigenvalue weighted by Gasteiger charge is 2.30. The number of amides is 1. The molecule has 2 heterocycles. The Morgan fingerprint density at radius 1 is 1.32 bits per heavy atom. The molecule has 0 atom stereocenters. The van der Waals surface area contributed by atoms with Crippen molar-refractivity contribution in [3.8, 4) is 0 Å². The van der Waals surface area contributed by atoms with Gasteiger partial charge in [0.15, 0.2) is 5.69 Å². The lowest BCUT2D eigenvalue weighted by molar-refractivity contribution is -0.137. The van der Waals surface area contributed by atoms with Crippen LogP contribution in [0.5, 0.6) is 0 Å². The number of alkyl halides is 3. The largest absolute Gasteiger partial charge is 0.416 e. The summed E-state index contributed by atoms with van der Waals surface area (Å²) in [6, 6.07) is 6.00. The topological polar surface area (TPSA) is 79.3 Å². The van der Waals surface area contributed by atoms with Crippen molar-refractivity contribution in [2.24, 2.45) is 0 Å². The van der Waals surface area contributed by atoms with Crippen LogP contribution in [0.1, 0.15) is 27.3 Å². The van der Waals surface area contributed by atoms with Gasteiger partial charge in [0.25, 0.3) is 11.5 Å². The molecule has 9 heteroatoms. The van der Waals surface area contributed by atoms with Crippen LogP contribution < -0.4 is 10.9 Å². The van der Waals surface area contributed by atoms with E-state index in [4.69, 9.17) is 0 Å². The number of aryl methyl sites for hydroxylation is 1. The molecule has 25 heavy (non-hydrogen) atoms. The van der Waals surface area contributed by atoms with Crippen molar-refractivity contribution in [3.63, 3.8) is 0 Å². The van der Waals surface area contributed by atoms with Crippen molar-refractivity contribution in [2.45, 2.75) is 19.6 Å². The maximum atomic E-state index is 12.7. The predicted molar refractivity (Wildman–Crippen MR) is 83.2 cm³/mol. The first kappa shape index (κ1) is 16.7. The summed E-state index contributed by atoms with van der Waals surface area (Å²) in [5.41, 5.74) is -0.0755. The molecule has 3 rings (SSSR count). The fraction of sp³-hybridized carbons (Fsp3) is 0.188. The number of carbonyl (C=O) groups excluding carboxylic acids is 1. The molecule has 0 saturated carbocycles. The monoisotopic (exact) mass is 350 g/mol. The average Bonchev–Trinajstić information content (AvgIpc) is 2.96. The number of hydrogen-bond donors (Lipinski definition) is 2. The Morgan fingerprint density at radius 2 is 2.08 bits per heavy atom. The van der Waals surface area contributed by atoms with Crippen molar-refractivity contribution in [2.75, 3.05) is 0 Å². The SMILES string of the molecule is Cc1cn2nc(C(=O)NCc3cccc(C(F)(F)F)c3)cc2c(=O)[nH]1. The van der Waals surface area contributed by atoms with Gasteiger partial charge in [-0.3, -0.25) is 9.59 Å². The second kappa shape index (κ2) is 6.08. The Labute approximate surface area is 139 Å². The summed E-state index contributed by atoms with van der Waals surface area (Å²) < 4.78 is 39.3. The van der Waals surface area contributed by atoms with E-state index < -0.39 is 17.6 Å². The highest BCUT2D eigenvalue weighted by atomic mass is 19.4. The number of nitrogens with one attached hydrogen (secondary N) is 2. The normalized spacial score (nSPS) is 11.7. The lowest BCUT2D eigenvalue weighted by atomic mass is 10.1. The summed E-state index contributed by atoms with van der Waals surface area (Å²) >= 11 is 0. The van der Waals surface area contributed by atoms with Gasteiger partial charge in [-0.15, -0.1) is 0 Å². The summed E-state index contributed by atoms with van der Waals surface area (Å²) in [6.07, 6.45) is -2.89. The molecular weight excluding hydrogens is 337 g/mol. The van der Waals surface area contributed by atoms with E-state index in [2.05, 4.69) is 15.4 Å². The molecule has 0 saturated heterocycles. The Bertz CT molecular complexity index is 1000. The Balaban J connectivity index is 1.77. The van der Waals surface area contributed by atoms with Gasteiger partial charge in [-0.1, -0.05) is 12.1 Å². The zero-order valence-electron chi connectivity index (χ0n) is 13.0. The molecule has 2 N–H and O–H groups in total. The van der Waals surface area contributed by atoms with E-state index in [-0.39, 0.29) is 23.3 Å². The summed E-state index contributed by atoms with van der Waals surface area (Å²) in [5, 5.41) is 6.50. The number of aromatic nitrogens is 3. The number of nitrogens with zero attached hydrogens (tertiary/aromatic N) is 2. The van der Waals surface area contributed by atoms with E-state index in [0.29, 0.717) is 11.3 Å². The van der Waals surface area contributed by atoms with Crippen molar-refractivity contribution in [1.29, 1.82) is 0 Å². The quantitative estimate of drug-likeness (QED) is 0.761. The zero-order valence-corrected chi connectivity index (χ0v) is 13.0. The smallest absolute Gasteiger partial charge is 0.347 e. The van der Waals surface area contributed by atoms with Gasteiger partial charge in [0, 0.05) is 24.5 Å². The molecule has 0 aliphatic carbocycles. The van der Waals surface area contributed by atoms with Crippen LogP contribution in [0, 0.1) is 6.92 Å². The van der Waals surface area contributed by atoms with Gasteiger partial charge >= 0.3 is 6.18 Å². The fourth-order valence-electron chi connectivity index (χ4n) is 2.36. The Kier molecular flexibility index (Phi) is 4.07. The summed E-state index contributed by atoms with van der Waals surface area (Å²) in [7, 11) is 0. The summed E-state index contributed by atoms with van der Waals surface area (Å²) in [5.74, 6) is -0.585. The summed E-state index contributed by atoms with van der Waals surface area (Å²) in [6.45, 7) is 1.59. The molecule has 1 amide bonds. The molecular formula is C16H13F3N4O2. The number of hydrogen-bond acceptors (Lipinski definition) is 3. The van der Waals surface area contributed by atoms with Crippen LogP contribution in [0.2, 0.25) is 0 Å². The maximum Gasteiger partial charge on any atom is 0.416 e. The van der Waals surface area contributed by atoms with E-state index in [1.54, 1.807) is 13.1 Å². The number of rotatable bonds is 3. The zero-order chi connectivity index (χ0) is 18.2. The lowest BCUT2D eigenvalue weighted by Crippen LogP contribution is -2.23. The molecule has 2 aromatic heterocycles. The standard InChI is InChI=1S/C16H13F3N4O2/c1-9-8-23-13(15(25)21-9)6-12(22-23)14(24)20-7-10-3-2-4-11(5-10)16(17,18)19/h2-6,8H,7H2,1H3,(H,20,24)(H,21,25). The Hall–Kier alpha value is -3.10. The molecule has 3 aromatic rings. The first-order valence-electron chi connectivity index (χ1n) is 7.28. The van der Waals surface area contributed by atoms with Crippen LogP contribution in [0.3, 0.4) is 0 Å². The Morgan fingerprint density at radius 3 is 2.80 bits per heavy atom. The van der Waals surface area contributed by atoms with Crippen LogP contribution in [0.25, 0.3) is 5.52 Å². The van der Waals surface area contributed by atoms with Gasteiger partial charge in [0.2, 0.25) is 0 Å². The molecule has 0 spiro atoms. The van der Waals surface area contributed by atoms with Crippen LogP contribution in [-0.4, -0.2) is 20.5 Å². The van der Waals surface area contributed by atoms with Gasteiger partial charge < -0.3 is 10.3 Å². The number of benzene rings is 1. The number of carbonyl (C=O) groups is 1. The van der Waals surface area contributed by atoms with Gasteiger partial charge in [-0.25, -0.2) is 4.52 Å². The minimum absolute atomic E-state index is 0.00285. The number of fused-ring (bicyclic) bond motifs is 1. The molecule has 130 valence electrons. The first-order chi connectivity index (χ1) is 11.7. The van der Waals surface area contributed by atoms with Gasteiger partial charge in [0.05, 0.1) is 5.56 Å². The highest BCUT2D eigenvalue weighted by Crippen LogP contribution is 2.29. The van der Waals surface area contributed by atoms with Crippen molar-refractivity contribution < 1.29 is 18.0 Å². The van der Waals surface area contributed by atoms with Crippen LogP contribution in [0.4, 0.5) is 13.2 Å². The van der Waals surface area contributed by atoms with Crippen molar-refractivity contribution >= 4 is 11.4 Å². The van der Waals surface area contributed by atoms with E-state index in [1.165, 1.54) is 22.7 Å². The van der Waals surface area contributed by atoms with Crippen LogP contribution in [0.15, 0.2) is 41.3 Å². The molecule has 0 aliphatic heterocycles. The number of aromatic amines is 1. The molecule has 0 radical (unpaired) electrons. The van der Waals surface area contributed by atoms with Gasteiger partial charge in [-0.05, 0) is 24.6 Å². The molecule has 0 fully saturated rings. The molecule has 6 nitrogen and oxygen atoms in total. The molecule has 0 bridgehead atoms. The van der Waals surface area contributed by atoms with Crippen molar-refractivity contribution in [3.05, 3.63) is 69.4 Å². The average molecular weight is 350 g/mol. The van der Waals surface area contributed by atoms with E-state index in [9.17, 15) is 22.8 Å². The minimum Gasteiger partial charge on any atom is -0.347 e. The second-order valence-corrected chi connectivity index (χ2v) is 5.51. The minimum atomic E-state index is -4.44. The lowest BCUT2D eigenvalue weighted by Gasteiger charge is -2.09. The maximum absolute atomic E-state index is 12.7. The van der Waals surface area contributed by atoms with Crippen LogP contribution >= 0.6 is 0 Å². The fourth-order valence-corrected chi connectivity index (χ4v) is 2.36. The van der Waals surface area contributed by atoms with Gasteiger partial charge in [0.1, 0.15) is 5.52 Å². The van der Waals surface area contributed by atoms with E-state index >= 15 is 0 Å².